The molecule has 1 atom stereocenters. The predicted molar refractivity (Wildman–Crippen MR) is 83.5 cm³/mol. The van der Waals surface area contributed by atoms with Gasteiger partial charge in [0, 0.05) is 0 Å². The monoisotopic (exact) mass is 330 g/mol. The quantitative estimate of drug-likeness (QED) is 0.836. The highest BCUT2D eigenvalue weighted by Crippen LogP contribution is 2.27. The van der Waals surface area contributed by atoms with Crippen LogP contribution in [0, 0.1) is 6.92 Å². The zero-order chi connectivity index (χ0) is 16.6. The third-order valence-electron chi connectivity index (χ3n) is 3.71. The molecule has 23 heavy (non-hydrogen) atoms. The Balaban J connectivity index is 1.85. The lowest BCUT2D eigenvalue weighted by atomic mass is 9.92. The first-order chi connectivity index (χ1) is 10.9. The van der Waals surface area contributed by atoms with Gasteiger partial charge in [0.2, 0.25) is 0 Å². The second-order valence-electron chi connectivity index (χ2n) is 5.27. The van der Waals surface area contributed by atoms with Crippen LogP contribution < -0.4 is 10.7 Å². The molecule has 0 radical (unpaired) electrons. The summed E-state index contributed by atoms with van der Waals surface area (Å²) in [7, 11) is 0. The van der Waals surface area contributed by atoms with Gasteiger partial charge in [0.15, 0.2) is 0 Å². The number of aromatic nitrogens is 1. The fraction of sp³-hybridized carbons (Fsp3) is 0.200. The number of hydrogen-bond acceptors (Lipinski definition) is 5. The molecule has 1 aliphatic rings. The summed E-state index contributed by atoms with van der Waals surface area (Å²) in [4.78, 5) is 41.3. The van der Waals surface area contributed by atoms with Gasteiger partial charge in [0.1, 0.15) is 10.4 Å². The molecular weight excluding hydrogens is 316 g/mol. The van der Waals surface area contributed by atoms with Gasteiger partial charge < -0.3 is 5.32 Å². The largest absolute Gasteiger partial charge is 0.344 e. The van der Waals surface area contributed by atoms with Gasteiger partial charge in [0.25, 0.3) is 11.8 Å². The van der Waals surface area contributed by atoms with Crippen LogP contribution >= 0.6 is 11.3 Å². The molecule has 1 fully saturated rings. The Morgan fingerprint density at radius 1 is 1.30 bits per heavy atom. The second-order valence-corrected chi connectivity index (χ2v) is 6.12. The van der Waals surface area contributed by atoms with Gasteiger partial charge in [-0.15, -0.1) is 11.3 Å². The summed E-state index contributed by atoms with van der Waals surface area (Å²) in [6, 6.07) is 8.20. The first-order valence-electron chi connectivity index (χ1n) is 6.87. The molecule has 4 amide bonds. The third-order valence-corrected chi connectivity index (χ3v) is 4.63. The molecule has 8 heteroatoms. The molecule has 0 aliphatic carbocycles. The topological polar surface area (TPSA) is 91.4 Å². The minimum Gasteiger partial charge on any atom is -0.318 e. The number of carbonyl (C=O) groups is 3. The fourth-order valence-electron chi connectivity index (χ4n) is 2.38. The third kappa shape index (κ3) is 2.46. The van der Waals surface area contributed by atoms with E-state index in [0.717, 1.165) is 11.3 Å². The van der Waals surface area contributed by atoms with Crippen LogP contribution in [-0.4, -0.2) is 27.8 Å². The number of rotatable bonds is 3. The standard InChI is InChI=1S/C15H14N4O3S/c1-9-11(23-8-16-9)12(20)18-19-13(21)15(2,17-14(19)22)10-6-4-3-5-7-10/h3-8H,1-2H3,(H,17,22)(H,18,20). The van der Waals surface area contributed by atoms with E-state index in [1.807, 2.05) is 6.07 Å². The summed E-state index contributed by atoms with van der Waals surface area (Å²) in [5.74, 6) is -1.07. The molecular formula is C15H14N4O3S. The van der Waals surface area contributed by atoms with E-state index >= 15 is 0 Å². The molecule has 7 nitrogen and oxygen atoms in total. The lowest BCUT2D eigenvalue weighted by Crippen LogP contribution is -2.47. The van der Waals surface area contributed by atoms with Crippen molar-refractivity contribution in [2.24, 2.45) is 0 Å². The van der Waals surface area contributed by atoms with Crippen molar-refractivity contribution < 1.29 is 14.4 Å². The maximum absolute atomic E-state index is 12.6. The lowest BCUT2D eigenvalue weighted by molar-refractivity contribution is -0.132. The van der Waals surface area contributed by atoms with Gasteiger partial charge >= 0.3 is 6.03 Å². The highest BCUT2D eigenvalue weighted by atomic mass is 32.1. The Bertz CT molecular complexity index is 789. The summed E-state index contributed by atoms with van der Waals surface area (Å²) >= 11 is 1.15. The van der Waals surface area contributed by atoms with Gasteiger partial charge in [-0.2, -0.15) is 5.01 Å². The van der Waals surface area contributed by atoms with Gasteiger partial charge in [-0.3, -0.25) is 15.0 Å². The molecule has 118 valence electrons. The number of carbonyl (C=O) groups excluding carboxylic acids is 3. The SMILES string of the molecule is Cc1ncsc1C(=O)NN1C(=O)NC(C)(c2ccccc2)C1=O. The minimum absolute atomic E-state index is 0.360. The van der Waals surface area contributed by atoms with E-state index in [1.54, 1.807) is 38.1 Å². The van der Waals surface area contributed by atoms with Crippen LogP contribution in [-0.2, 0) is 10.3 Å². The molecule has 2 aromatic rings. The summed E-state index contributed by atoms with van der Waals surface area (Å²) in [6.07, 6.45) is 0. The highest BCUT2D eigenvalue weighted by molar-refractivity contribution is 7.11. The summed E-state index contributed by atoms with van der Waals surface area (Å²) in [6.45, 7) is 3.29. The van der Waals surface area contributed by atoms with Crippen molar-refractivity contribution in [3.8, 4) is 0 Å². The zero-order valence-electron chi connectivity index (χ0n) is 12.5. The molecule has 0 saturated carbocycles. The molecule has 0 bridgehead atoms. The summed E-state index contributed by atoms with van der Waals surface area (Å²) < 4.78 is 0. The van der Waals surface area contributed by atoms with Crippen LogP contribution in [0.2, 0.25) is 0 Å². The molecule has 1 saturated heterocycles. The van der Waals surface area contributed by atoms with Crippen molar-refractivity contribution >= 4 is 29.2 Å². The Morgan fingerprint density at radius 2 is 2.00 bits per heavy atom. The first kappa shape index (κ1) is 15.2. The molecule has 3 rings (SSSR count). The number of aryl methyl sites for hydroxylation is 1. The van der Waals surface area contributed by atoms with E-state index < -0.39 is 23.4 Å². The Hall–Kier alpha value is -2.74. The van der Waals surface area contributed by atoms with E-state index in [9.17, 15) is 14.4 Å². The number of urea groups is 1. The number of hydrazine groups is 1. The first-order valence-corrected chi connectivity index (χ1v) is 7.75. The number of benzene rings is 1. The Kier molecular flexibility index (Phi) is 3.61. The van der Waals surface area contributed by atoms with Crippen molar-refractivity contribution in [3.05, 3.63) is 52.0 Å². The van der Waals surface area contributed by atoms with E-state index in [-0.39, 0.29) is 0 Å². The molecule has 2 heterocycles. The van der Waals surface area contributed by atoms with Crippen LogP contribution in [0.25, 0.3) is 0 Å². The molecule has 2 N–H and O–H groups in total. The van der Waals surface area contributed by atoms with Crippen LogP contribution in [0.4, 0.5) is 4.79 Å². The lowest BCUT2D eigenvalue weighted by Gasteiger charge is -2.22. The molecule has 1 unspecified atom stereocenters. The smallest absolute Gasteiger partial charge is 0.318 e. The molecule has 1 aromatic carbocycles. The Morgan fingerprint density at radius 3 is 2.61 bits per heavy atom. The Labute approximate surface area is 136 Å². The van der Waals surface area contributed by atoms with Crippen molar-refractivity contribution in [2.45, 2.75) is 19.4 Å². The van der Waals surface area contributed by atoms with Gasteiger partial charge in [-0.05, 0) is 19.4 Å². The van der Waals surface area contributed by atoms with E-state index in [1.165, 1.54) is 5.51 Å². The van der Waals surface area contributed by atoms with E-state index in [0.29, 0.717) is 21.1 Å². The number of imide groups is 1. The van der Waals surface area contributed by atoms with Crippen LogP contribution in [0.3, 0.4) is 0 Å². The predicted octanol–water partition coefficient (Wildman–Crippen LogP) is 1.56. The number of thiazole rings is 1. The van der Waals surface area contributed by atoms with Crippen LogP contribution in [0.15, 0.2) is 35.8 Å². The number of nitrogens with zero attached hydrogens (tertiary/aromatic N) is 2. The average molecular weight is 330 g/mol. The van der Waals surface area contributed by atoms with E-state index in [2.05, 4.69) is 15.7 Å². The van der Waals surface area contributed by atoms with Gasteiger partial charge in [-0.1, -0.05) is 30.3 Å². The summed E-state index contributed by atoms with van der Waals surface area (Å²) in [5.41, 5.74) is 3.86. The number of nitrogens with one attached hydrogen (secondary N) is 2. The van der Waals surface area contributed by atoms with Crippen molar-refractivity contribution in [1.82, 2.24) is 20.7 Å². The molecule has 0 spiro atoms. The molecule has 1 aliphatic heterocycles. The normalized spacial score (nSPS) is 20.5. The van der Waals surface area contributed by atoms with Gasteiger partial charge in [-0.25, -0.2) is 9.78 Å². The van der Waals surface area contributed by atoms with Crippen molar-refractivity contribution in [1.29, 1.82) is 0 Å². The average Bonchev–Trinajstić information content (AvgIpc) is 3.06. The van der Waals surface area contributed by atoms with E-state index in [4.69, 9.17) is 0 Å². The van der Waals surface area contributed by atoms with Crippen LogP contribution in [0.5, 0.6) is 0 Å². The van der Waals surface area contributed by atoms with Crippen molar-refractivity contribution in [2.75, 3.05) is 0 Å². The molecule has 1 aromatic heterocycles. The minimum atomic E-state index is -1.21. The maximum atomic E-state index is 12.6. The second kappa shape index (κ2) is 5.47. The highest BCUT2D eigenvalue weighted by Gasteiger charge is 2.50. The number of amides is 4. The fourth-order valence-corrected chi connectivity index (χ4v) is 3.07. The summed E-state index contributed by atoms with van der Waals surface area (Å²) in [5, 5.41) is 3.34. The number of hydrogen-bond donors (Lipinski definition) is 2. The van der Waals surface area contributed by atoms with Crippen molar-refractivity contribution in [3.63, 3.8) is 0 Å². The van der Waals surface area contributed by atoms with Crippen LogP contribution in [0.1, 0.15) is 27.9 Å². The maximum Gasteiger partial charge on any atom is 0.344 e. The zero-order valence-corrected chi connectivity index (χ0v) is 13.3. The van der Waals surface area contributed by atoms with Gasteiger partial charge in [0.05, 0.1) is 11.2 Å².